The lowest BCUT2D eigenvalue weighted by atomic mass is 10.0. The van der Waals surface area contributed by atoms with Crippen molar-refractivity contribution < 1.29 is 18.8 Å². The smallest absolute Gasteiger partial charge is 0.295 e. The Labute approximate surface area is 194 Å². The topological polar surface area (TPSA) is 102 Å². The van der Waals surface area contributed by atoms with Gasteiger partial charge in [-0.2, -0.15) is 0 Å². The van der Waals surface area contributed by atoms with Crippen LogP contribution < -0.4 is 0 Å². The number of imidazole rings is 1. The zero-order valence-corrected chi connectivity index (χ0v) is 18.5. The Hall–Kier alpha value is -4.27. The zero-order chi connectivity index (χ0) is 23.8. The highest BCUT2D eigenvalue weighted by Crippen LogP contribution is 2.31. The van der Waals surface area contributed by atoms with Crippen LogP contribution in [0.15, 0.2) is 54.9 Å². The number of halogens is 1. The summed E-state index contributed by atoms with van der Waals surface area (Å²) in [6.07, 6.45) is 3.02. The summed E-state index contributed by atoms with van der Waals surface area (Å²) in [5.74, 6) is -1.68. The molecule has 0 bridgehead atoms. The minimum Gasteiger partial charge on any atom is -0.360 e. The van der Waals surface area contributed by atoms with Gasteiger partial charge in [-0.3, -0.25) is 14.4 Å². The van der Waals surface area contributed by atoms with Crippen LogP contribution in [0, 0.1) is 12.7 Å². The van der Waals surface area contributed by atoms with Crippen molar-refractivity contribution in [3.8, 4) is 11.4 Å². The molecule has 0 aliphatic carbocycles. The minimum atomic E-state index is -0.791. The molecule has 34 heavy (non-hydrogen) atoms. The summed E-state index contributed by atoms with van der Waals surface area (Å²) in [4.78, 5) is 52.1. The number of nitrogens with zero attached hydrogens (tertiary/aromatic N) is 3. The predicted octanol–water partition coefficient (Wildman–Crippen LogP) is 3.17. The third-order valence-electron chi connectivity index (χ3n) is 6.06. The van der Waals surface area contributed by atoms with Gasteiger partial charge in [0.25, 0.3) is 17.6 Å². The van der Waals surface area contributed by atoms with Crippen molar-refractivity contribution in [2.45, 2.75) is 6.92 Å². The molecule has 1 aliphatic rings. The van der Waals surface area contributed by atoms with Gasteiger partial charge in [0.2, 0.25) is 0 Å². The van der Waals surface area contributed by atoms with E-state index in [4.69, 9.17) is 0 Å². The number of benzene rings is 2. The Morgan fingerprint density at radius 3 is 2.35 bits per heavy atom. The number of piperazine rings is 1. The normalized spacial score (nSPS) is 13.9. The third-order valence-corrected chi connectivity index (χ3v) is 6.06. The maximum Gasteiger partial charge on any atom is 0.295 e. The molecular formula is C25H22FN5O3. The zero-order valence-electron chi connectivity index (χ0n) is 18.5. The third kappa shape index (κ3) is 3.75. The molecule has 5 rings (SSSR count). The number of fused-ring (bicyclic) bond motifs is 1. The maximum atomic E-state index is 14.8. The summed E-state index contributed by atoms with van der Waals surface area (Å²) in [6.45, 7) is 2.94. The van der Waals surface area contributed by atoms with Crippen molar-refractivity contribution in [2.24, 2.45) is 0 Å². The van der Waals surface area contributed by atoms with Crippen LogP contribution in [0.1, 0.15) is 26.4 Å². The summed E-state index contributed by atoms with van der Waals surface area (Å²) in [5.41, 5.74) is 2.39. The molecule has 0 radical (unpaired) electrons. The fourth-order valence-corrected chi connectivity index (χ4v) is 4.27. The van der Waals surface area contributed by atoms with Gasteiger partial charge in [-0.15, -0.1) is 0 Å². The fourth-order valence-electron chi connectivity index (χ4n) is 4.27. The molecule has 2 aromatic carbocycles. The average Bonchev–Trinajstić information content (AvgIpc) is 3.51. The summed E-state index contributed by atoms with van der Waals surface area (Å²) in [5, 5.41) is 0.0581. The second kappa shape index (κ2) is 8.58. The van der Waals surface area contributed by atoms with Crippen LogP contribution >= 0.6 is 0 Å². The highest BCUT2D eigenvalue weighted by Gasteiger charge is 2.31. The van der Waals surface area contributed by atoms with Gasteiger partial charge in [-0.05, 0) is 31.2 Å². The number of H-pyrrole nitrogens is 2. The van der Waals surface area contributed by atoms with Crippen molar-refractivity contribution in [3.63, 3.8) is 0 Å². The summed E-state index contributed by atoms with van der Waals surface area (Å²) in [6, 6.07) is 11.8. The van der Waals surface area contributed by atoms with Gasteiger partial charge in [0.1, 0.15) is 11.6 Å². The SMILES string of the molecule is Cc1cnc(-c2ccc(F)c3c(C(=O)C(=O)N4CCN(C(=O)c5ccccc5)CC4)c[nH]c23)[nH]1. The molecule has 0 unspecified atom stereocenters. The minimum absolute atomic E-state index is 0.0228. The average molecular weight is 459 g/mol. The Morgan fingerprint density at radius 2 is 1.68 bits per heavy atom. The van der Waals surface area contributed by atoms with Gasteiger partial charge in [0, 0.05) is 60.8 Å². The van der Waals surface area contributed by atoms with Gasteiger partial charge in [-0.25, -0.2) is 9.37 Å². The van der Waals surface area contributed by atoms with Gasteiger partial charge in [0.05, 0.1) is 11.1 Å². The number of ketones is 1. The number of nitrogens with one attached hydrogen (secondary N) is 2. The van der Waals surface area contributed by atoms with Crippen LogP contribution in [0.2, 0.25) is 0 Å². The first-order valence-corrected chi connectivity index (χ1v) is 10.9. The second-order valence-corrected chi connectivity index (χ2v) is 8.24. The van der Waals surface area contributed by atoms with Gasteiger partial charge in [-0.1, -0.05) is 18.2 Å². The lowest BCUT2D eigenvalue weighted by Gasteiger charge is -2.34. The van der Waals surface area contributed by atoms with E-state index in [0.717, 1.165) is 5.69 Å². The van der Waals surface area contributed by atoms with Crippen LogP contribution in [0.4, 0.5) is 4.39 Å². The van der Waals surface area contributed by atoms with E-state index < -0.39 is 17.5 Å². The maximum absolute atomic E-state index is 14.8. The summed E-state index contributed by atoms with van der Waals surface area (Å²) < 4.78 is 14.8. The molecule has 1 fully saturated rings. The number of Topliss-reactive ketones (excluding diaryl/α,β-unsaturated/α-hetero) is 1. The van der Waals surface area contributed by atoms with Crippen molar-refractivity contribution in [2.75, 3.05) is 26.2 Å². The largest absolute Gasteiger partial charge is 0.360 e. The van der Waals surface area contributed by atoms with E-state index in [2.05, 4.69) is 15.0 Å². The van der Waals surface area contributed by atoms with Gasteiger partial charge >= 0.3 is 0 Å². The molecule has 8 nitrogen and oxygen atoms in total. The van der Waals surface area contributed by atoms with E-state index in [-0.39, 0.29) is 29.9 Å². The Kier molecular flexibility index (Phi) is 5.45. The van der Waals surface area contributed by atoms with E-state index in [1.54, 1.807) is 41.4 Å². The van der Waals surface area contributed by atoms with Crippen molar-refractivity contribution in [3.05, 3.63) is 77.5 Å². The van der Waals surface area contributed by atoms with E-state index in [0.29, 0.717) is 35.6 Å². The monoisotopic (exact) mass is 459 g/mol. The van der Waals surface area contributed by atoms with Crippen molar-refractivity contribution in [1.29, 1.82) is 0 Å². The number of carbonyl (C=O) groups excluding carboxylic acids is 3. The van der Waals surface area contributed by atoms with Crippen LogP contribution in [0.5, 0.6) is 0 Å². The Bertz CT molecular complexity index is 1400. The first-order valence-electron chi connectivity index (χ1n) is 10.9. The quantitative estimate of drug-likeness (QED) is 0.362. The van der Waals surface area contributed by atoms with Crippen LogP contribution in [0.25, 0.3) is 22.3 Å². The van der Waals surface area contributed by atoms with E-state index in [9.17, 15) is 18.8 Å². The number of aromatic amines is 2. The van der Waals surface area contributed by atoms with E-state index in [1.165, 1.54) is 17.2 Å². The Morgan fingerprint density at radius 1 is 0.971 bits per heavy atom. The molecule has 9 heteroatoms. The molecule has 0 saturated carbocycles. The number of hydrogen-bond acceptors (Lipinski definition) is 4. The van der Waals surface area contributed by atoms with Gasteiger partial charge in [0.15, 0.2) is 0 Å². The standard InChI is InChI=1S/C25H22FN5O3/c1-15-13-28-23(29-15)17-7-8-19(26)20-18(14-27-21(17)20)22(32)25(34)31-11-9-30(10-12-31)24(33)16-5-3-2-4-6-16/h2-8,13-14,27H,9-12H2,1H3,(H,28,29). The molecule has 3 heterocycles. The number of aromatic nitrogens is 3. The summed E-state index contributed by atoms with van der Waals surface area (Å²) in [7, 11) is 0. The lowest BCUT2D eigenvalue weighted by Crippen LogP contribution is -2.52. The Balaban J connectivity index is 1.35. The highest BCUT2D eigenvalue weighted by atomic mass is 19.1. The molecule has 2 amide bonds. The molecule has 2 N–H and O–H groups in total. The number of amides is 2. The second-order valence-electron chi connectivity index (χ2n) is 8.24. The fraction of sp³-hybridized carbons (Fsp3) is 0.200. The van der Waals surface area contributed by atoms with Crippen LogP contribution in [0.3, 0.4) is 0 Å². The molecule has 172 valence electrons. The summed E-state index contributed by atoms with van der Waals surface area (Å²) >= 11 is 0. The highest BCUT2D eigenvalue weighted by molar-refractivity contribution is 6.45. The first kappa shape index (κ1) is 21.6. The molecule has 0 spiro atoms. The van der Waals surface area contributed by atoms with Crippen LogP contribution in [-0.4, -0.2) is 68.5 Å². The lowest BCUT2D eigenvalue weighted by molar-refractivity contribution is -0.127. The van der Waals surface area contributed by atoms with Crippen LogP contribution in [-0.2, 0) is 4.79 Å². The van der Waals surface area contributed by atoms with Crippen molar-refractivity contribution >= 4 is 28.5 Å². The molecule has 1 aliphatic heterocycles. The first-order chi connectivity index (χ1) is 16.4. The molecule has 0 atom stereocenters. The number of aryl methyl sites for hydroxylation is 1. The van der Waals surface area contributed by atoms with E-state index >= 15 is 0 Å². The number of carbonyl (C=O) groups is 3. The van der Waals surface area contributed by atoms with Gasteiger partial charge < -0.3 is 19.8 Å². The van der Waals surface area contributed by atoms with Crippen molar-refractivity contribution in [1.82, 2.24) is 24.8 Å². The molecule has 4 aromatic rings. The molecule has 2 aromatic heterocycles. The predicted molar refractivity (Wildman–Crippen MR) is 124 cm³/mol. The number of hydrogen-bond donors (Lipinski definition) is 2. The molecule has 1 saturated heterocycles. The van der Waals surface area contributed by atoms with E-state index in [1.807, 2.05) is 13.0 Å². The number of rotatable bonds is 4. The molecular weight excluding hydrogens is 437 g/mol.